The van der Waals surface area contributed by atoms with Crippen LogP contribution in [0.4, 0.5) is 30.7 Å². The summed E-state index contributed by atoms with van der Waals surface area (Å²) >= 11 is 0. The third-order valence-corrected chi connectivity index (χ3v) is 4.79. The van der Waals surface area contributed by atoms with Crippen LogP contribution in [0.3, 0.4) is 0 Å². The molecule has 0 amide bonds. The highest BCUT2D eigenvalue weighted by Gasteiger charge is 2.37. The minimum absolute atomic E-state index is 0.139. The van der Waals surface area contributed by atoms with E-state index in [0.29, 0.717) is 23.6 Å². The zero-order valence-electron chi connectivity index (χ0n) is 15.2. The van der Waals surface area contributed by atoms with Gasteiger partial charge >= 0.3 is 5.97 Å². The van der Waals surface area contributed by atoms with Gasteiger partial charge in [0.1, 0.15) is 5.56 Å². The minimum Gasteiger partial charge on any atom is -0.312 e. The van der Waals surface area contributed by atoms with E-state index in [4.69, 9.17) is 0 Å². The first-order chi connectivity index (χ1) is 14.1. The van der Waals surface area contributed by atoms with Gasteiger partial charge in [0, 0.05) is 11.0 Å². The maximum Gasteiger partial charge on any atom is 0.371 e. The molecule has 1 aliphatic rings. The molecule has 0 N–H and O–H groups in total. The van der Waals surface area contributed by atoms with Crippen molar-refractivity contribution >= 4 is 11.7 Å². The highest BCUT2D eigenvalue weighted by molar-refractivity contribution is 6.07. The highest BCUT2D eigenvalue weighted by Crippen LogP contribution is 2.38. The predicted molar refractivity (Wildman–Crippen MR) is 91.4 cm³/mol. The van der Waals surface area contributed by atoms with Crippen molar-refractivity contribution in [3.05, 3.63) is 82.2 Å². The molecule has 0 fully saturated rings. The maximum absolute atomic E-state index is 13.8. The molecule has 0 saturated heterocycles. The fraction of sp³-hybridized carbons (Fsp3) is 0.200. The Bertz CT molecular complexity index is 1060. The molecule has 1 unspecified atom stereocenters. The largest absolute Gasteiger partial charge is 0.371 e. The lowest BCUT2D eigenvalue weighted by molar-refractivity contribution is 0.0497. The number of benzene rings is 2. The lowest BCUT2D eigenvalue weighted by atomic mass is 9.71. The van der Waals surface area contributed by atoms with Crippen molar-refractivity contribution in [1.29, 1.82) is 0 Å². The van der Waals surface area contributed by atoms with E-state index < -0.39 is 52.1 Å². The molecule has 10 heteroatoms. The molecule has 0 radical (unpaired) electrons. The number of allylic oxidation sites excluding steroid dienone is 1. The van der Waals surface area contributed by atoms with E-state index in [-0.39, 0.29) is 12.1 Å². The summed E-state index contributed by atoms with van der Waals surface area (Å²) in [4.78, 5) is 16.5. The molecule has 2 aromatic rings. The summed E-state index contributed by atoms with van der Waals surface area (Å²) in [6.45, 7) is 1.38. The van der Waals surface area contributed by atoms with Crippen LogP contribution in [-0.2, 0) is 11.3 Å². The average Bonchev–Trinajstić information content (AvgIpc) is 2.69. The van der Waals surface area contributed by atoms with Crippen molar-refractivity contribution in [3.8, 4) is 0 Å². The number of oxime groups is 1. The van der Waals surface area contributed by atoms with Gasteiger partial charge in [-0.2, -0.15) is 8.78 Å². The van der Waals surface area contributed by atoms with Crippen molar-refractivity contribution < 1.29 is 40.4 Å². The number of carbonyl (C=O) groups excluding carboxylic acids is 1. The second-order valence-electron chi connectivity index (χ2n) is 6.77. The molecule has 158 valence electrons. The van der Waals surface area contributed by atoms with Crippen LogP contribution in [0.2, 0.25) is 0 Å². The average molecular weight is 431 g/mol. The number of rotatable bonds is 3. The Kier molecular flexibility index (Phi) is 5.69. The van der Waals surface area contributed by atoms with Crippen molar-refractivity contribution in [1.82, 2.24) is 0 Å². The Labute approximate surface area is 165 Å². The minimum atomic E-state index is -2.44. The zero-order valence-corrected chi connectivity index (χ0v) is 15.2. The highest BCUT2D eigenvalue weighted by atomic mass is 19.3. The molecule has 2 aromatic carbocycles. The maximum atomic E-state index is 13.8. The third kappa shape index (κ3) is 3.69. The van der Waals surface area contributed by atoms with Crippen LogP contribution in [0.25, 0.3) is 0 Å². The van der Waals surface area contributed by atoms with E-state index in [9.17, 15) is 35.5 Å². The summed E-state index contributed by atoms with van der Waals surface area (Å²) in [5.74, 6) is -13.8. The molecule has 0 bridgehead atoms. The van der Waals surface area contributed by atoms with Gasteiger partial charge < -0.3 is 4.84 Å². The molecule has 0 spiro atoms. The molecule has 0 aromatic heterocycles. The third-order valence-electron chi connectivity index (χ3n) is 4.79. The summed E-state index contributed by atoms with van der Waals surface area (Å²) in [7, 11) is 0. The van der Waals surface area contributed by atoms with Crippen LogP contribution < -0.4 is 0 Å². The van der Waals surface area contributed by atoms with Crippen LogP contribution in [0.1, 0.15) is 34.8 Å². The predicted octanol–water partition coefficient (Wildman–Crippen LogP) is 5.68. The Balaban J connectivity index is 2.07. The molecular formula is C20H12F7NO2. The topological polar surface area (TPSA) is 38.7 Å². The molecule has 0 heterocycles. The van der Waals surface area contributed by atoms with Gasteiger partial charge in [0.25, 0.3) is 6.08 Å². The van der Waals surface area contributed by atoms with Crippen LogP contribution in [-0.4, -0.2) is 11.7 Å². The van der Waals surface area contributed by atoms with Crippen LogP contribution in [0, 0.1) is 34.5 Å². The van der Waals surface area contributed by atoms with E-state index in [1.54, 1.807) is 18.2 Å². The van der Waals surface area contributed by atoms with Crippen LogP contribution >= 0.6 is 0 Å². The number of carbonyl (C=O) groups is 1. The van der Waals surface area contributed by atoms with Crippen molar-refractivity contribution in [2.24, 2.45) is 10.6 Å². The summed E-state index contributed by atoms with van der Waals surface area (Å²) in [6.07, 6.45) is -0.911. The van der Waals surface area contributed by atoms with Crippen molar-refractivity contribution in [3.63, 3.8) is 0 Å². The van der Waals surface area contributed by atoms with Gasteiger partial charge in [0.2, 0.25) is 5.82 Å². The molecule has 30 heavy (non-hydrogen) atoms. The van der Waals surface area contributed by atoms with Gasteiger partial charge in [-0.05, 0) is 24.5 Å². The number of fused-ring (bicyclic) bond motifs is 1. The van der Waals surface area contributed by atoms with Gasteiger partial charge in [0.05, 0.1) is 5.71 Å². The fourth-order valence-corrected chi connectivity index (χ4v) is 3.24. The molecular weight excluding hydrogens is 419 g/mol. The number of hydrogen-bond donors (Lipinski definition) is 0. The summed E-state index contributed by atoms with van der Waals surface area (Å²) in [5, 5.41) is 3.49. The van der Waals surface area contributed by atoms with Crippen molar-refractivity contribution in [2.75, 3.05) is 0 Å². The first kappa shape index (κ1) is 21.5. The lowest BCUT2D eigenvalue weighted by Crippen LogP contribution is -2.33. The smallest absolute Gasteiger partial charge is 0.312 e. The van der Waals surface area contributed by atoms with E-state index in [2.05, 4.69) is 9.99 Å². The Morgan fingerprint density at radius 1 is 1.00 bits per heavy atom. The lowest BCUT2D eigenvalue weighted by Gasteiger charge is -2.32. The first-order valence-electron chi connectivity index (χ1n) is 8.50. The number of halogens is 7. The Morgan fingerprint density at radius 2 is 1.57 bits per heavy atom. The summed E-state index contributed by atoms with van der Waals surface area (Å²) in [6, 6.07) is 6.46. The molecule has 1 aliphatic carbocycles. The fourth-order valence-electron chi connectivity index (χ4n) is 3.24. The number of nitrogens with zero attached hydrogens (tertiary/aromatic N) is 1. The molecule has 0 aliphatic heterocycles. The van der Waals surface area contributed by atoms with Gasteiger partial charge in [-0.1, -0.05) is 36.3 Å². The Hall–Kier alpha value is -3.17. The number of hydrogen-bond acceptors (Lipinski definition) is 3. The second-order valence-corrected chi connectivity index (χ2v) is 6.77. The SMILES string of the molecule is CC1(C=C(F)F)CCc2ccccc2/C1=N\OC(=O)c1c(F)c(F)c(F)c(F)c1F. The van der Waals surface area contributed by atoms with E-state index >= 15 is 0 Å². The Morgan fingerprint density at radius 3 is 2.17 bits per heavy atom. The van der Waals surface area contributed by atoms with Gasteiger partial charge in [-0.25, -0.2) is 26.7 Å². The van der Waals surface area contributed by atoms with Crippen LogP contribution in [0.5, 0.6) is 0 Å². The zero-order chi connectivity index (χ0) is 22.2. The normalized spacial score (nSPS) is 19.4. The molecule has 1 atom stereocenters. The first-order valence-corrected chi connectivity index (χ1v) is 8.50. The summed E-state index contributed by atoms with van der Waals surface area (Å²) in [5.41, 5.74) is -2.38. The standard InChI is InChI=1S/C20H12F7NO2/c1-20(8-11(21)22)7-6-9-4-2-3-5-10(9)18(20)28-30-19(29)12-13(23)15(25)17(27)16(26)14(12)24/h2-5,8H,6-7H2,1H3/b28-18+. The van der Waals surface area contributed by atoms with Crippen LogP contribution in [0.15, 0.2) is 41.6 Å². The second kappa shape index (κ2) is 7.92. The quantitative estimate of drug-likeness (QED) is 0.206. The van der Waals surface area contributed by atoms with Gasteiger partial charge in [-0.3, -0.25) is 0 Å². The van der Waals surface area contributed by atoms with E-state index in [0.717, 1.165) is 0 Å². The molecule has 3 rings (SSSR count). The van der Waals surface area contributed by atoms with E-state index in [1.165, 1.54) is 13.0 Å². The summed E-state index contributed by atoms with van der Waals surface area (Å²) < 4.78 is 93.4. The monoisotopic (exact) mass is 431 g/mol. The van der Waals surface area contributed by atoms with E-state index in [1.807, 2.05) is 0 Å². The van der Waals surface area contributed by atoms with Crippen molar-refractivity contribution in [2.45, 2.75) is 19.8 Å². The van der Waals surface area contributed by atoms with Gasteiger partial charge in [0.15, 0.2) is 23.3 Å². The molecule has 0 saturated carbocycles. The van der Waals surface area contributed by atoms with Gasteiger partial charge in [-0.15, -0.1) is 0 Å². The number of aryl methyl sites for hydroxylation is 1. The molecule has 3 nitrogen and oxygen atoms in total.